The molecule has 0 heterocycles. The van der Waals surface area contributed by atoms with Crippen LogP contribution in [0.25, 0.3) is 0 Å². The maximum Gasteiger partial charge on any atom is 0.416 e. The fourth-order valence-electron chi connectivity index (χ4n) is 1.59. The van der Waals surface area contributed by atoms with Gasteiger partial charge in [-0.15, -0.1) is 0 Å². The first-order valence-corrected chi connectivity index (χ1v) is 5.31. The highest BCUT2D eigenvalue weighted by molar-refractivity contribution is 5.74. The molecular formula is C12H13F3O4. The summed E-state index contributed by atoms with van der Waals surface area (Å²) in [6.45, 7) is 2.47. The van der Waals surface area contributed by atoms with Gasteiger partial charge in [-0.2, -0.15) is 13.2 Å². The summed E-state index contributed by atoms with van der Waals surface area (Å²) in [5.41, 5.74) is -3.29. The molecule has 3 N–H and O–H groups in total. The zero-order chi connectivity index (χ0) is 15.0. The molecule has 0 fully saturated rings. The molecule has 7 heteroatoms. The average Bonchev–Trinajstić information content (AvgIpc) is 2.22. The molecule has 106 valence electrons. The van der Waals surface area contributed by atoms with Crippen LogP contribution in [0.15, 0.2) is 12.1 Å². The Morgan fingerprint density at radius 1 is 1.21 bits per heavy atom. The van der Waals surface area contributed by atoms with Crippen LogP contribution in [0.4, 0.5) is 13.2 Å². The molecule has 0 aromatic heterocycles. The van der Waals surface area contributed by atoms with Gasteiger partial charge < -0.3 is 15.3 Å². The number of rotatable bonds is 3. The predicted octanol–water partition coefficient (Wildman–Crippen LogP) is 2.77. The van der Waals surface area contributed by atoms with E-state index in [0.29, 0.717) is 6.07 Å². The zero-order valence-corrected chi connectivity index (χ0v) is 10.2. The molecule has 0 aliphatic heterocycles. The largest absolute Gasteiger partial charge is 0.504 e. The lowest BCUT2D eigenvalue weighted by atomic mass is 9.83. The first-order valence-electron chi connectivity index (χ1n) is 5.31. The van der Waals surface area contributed by atoms with Crippen molar-refractivity contribution in [2.75, 3.05) is 0 Å². The van der Waals surface area contributed by atoms with Gasteiger partial charge in [0.2, 0.25) is 0 Å². The molecule has 0 aliphatic rings. The Morgan fingerprint density at radius 2 is 1.74 bits per heavy atom. The Balaban J connectivity index is 3.40. The molecule has 0 radical (unpaired) electrons. The number of benzene rings is 1. The SMILES string of the molecule is CC(C)(Cc1c(C(F)(F)F)ccc(O)c1O)C(=O)O. The third-order valence-corrected chi connectivity index (χ3v) is 2.76. The highest BCUT2D eigenvalue weighted by atomic mass is 19.4. The Morgan fingerprint density at radius 3 is 2.16 bits per heavy atom. The van der Waals surface area contributed by atoms with Gasteiger partial charge in [-0.25, -0.2) is 0 Å². The van der Waals surface area contributed by atoms with Crippen molar-refractivity contribution in [2.45, 2.75) is 26.4 Å². The van der Waals surface area contributed by atoms with Gasteiger partial charge in [-0.05, 0) is 32.4 Å². The Labute approximate surface area is 107 Å². The van der Waals surface area contributed by atoms with Crippen LogP contribution < -0.4 is 0 Å². The van der Waals surface area contributed by atoms with Crippen molar-refractivity contribution in [2.24, 2.45) is 5.41 Å². The minimum atomic E-state index is -4.74. The predicted molar refractivity (Wildman–Crippen MR) is 59.9 cm³/mol. The van der Waals surface area contributed by atoms with E-state index in [1.807, 2.05) is 0 Å². The molecule has 0 spiro atoms. The van der Waals surface area contributed by atoms with Crippen LogP contribution in [0.3, 0.4) is 0 Å². The molecule has 0 unspecified atom stereocenters. The van der Waals surface area contributed by atoms with Crippen molar-refractivity contribution in [1.29, 1.82) is 0 Å². The molecule has 19 heavy (non-hydrogen) atoms. The van der Waals surface area contributed by atoms with Crippen LogP contribution in [-0.4, -0.2) is 21.3 Å². The van der Waals surface area contributed by atoms with Crippen molar-refractivity contribution >= 4 is 5.97 Å². The number of hydrogen-bond donors (Lipinski definition) is 3. The number of carboxylic acids is 1. The normalized spacial score (nSPS) is 12.5. The van der Waals surface area contributed by atoms with E-state index in [2.05, 4.69) is 0 Å². The fourth-order valence-corrected chi connectivity index (χ4v) is 1.59. The van der Waals surface area contributed by atoms with Crippen molar-refractivity contribution in [1.82, 2.24) is 0 Å². The van der Waals surface area contributed by atoms with Crippen molar-refractivity contribution in [3.05, 3.63) is 23.3 Å². The molecule has 0 saturated carbocycles. The Hall–Kier alpha value is -1.92. The fraction of sp³-hybridized carbons (Fsp3) is 0.417. The van der Waals surface area contributed by atoms with Gasteiger partial charge in [0.15, 0.2) is 11.5 Å². The summed E-state index contributed by atoms with van der Waals surface area (Å²) < 4.78 is 38.4. The van der Waals surface area contributed by atoms with Crippen LogP contribution in [0.1, 0.15) is 25.0 Å². The van der Waals surface area contributed by atoms with E-state index in [-0.39, 0.29) is 0 Å². The number of phenols is 2. The summed E-state index contributed by atoms with van der Waals surface area (Å²) in [5, 5.41) is 27.7. The van der Waals surface area contributed by atoms with Crippen molar-refractivity contribution in [3.8, 4) is 11.5 Å². The lowest BCUT2D eigenvalue weighted by Crippen LogP contribution is -2.27. The standard InChI is InChI=1S/C12H13F3O4/c1-11(2,10(18)19)5-6-7(12(13,14)15)3-4-8(16)9(6)17/h3-4,16-17H,5H2,1-2H3,(H,18,19). The van der Waals surface area contributed by atoms with E-state index in [0.717, 1.165) is 6.07 Å². The molecule has 1 rings (SSSR count). The molecule has 0 atom stereocenters. The third kappa shape index (κ3) is 3.10. The topological polar surface area (TPSA) is 77.8 Å². The zero-order valence-electron chi connectivity index (χ0n) is 10.2. The van der Waals surface area contributed by atoms with E-state index in [1.54, 1.807) is 0 Å². The summed E-state index contributed by atoms with van der Waals surface area (Å²) in [4.78, 5) is 11.0. The summed E-state index contributed by atoms with van der Waals surface area (Å²) in [5.74, 6) is -2.96. The number of aromatic hydroxyl groups is 2. The van der Waals surface area contributed by atoms with Gasteiger partial charge in [0, 0.05) is 5.56 Å². The summed E-state index contributed by atoms with van der Waals surface area (Å²) in [6, 6.07) is 1.33. The molecule has 0 aliphatic carbocycles. The van der Waals surface area contributed by atoms with E-state index in [1.165, 1.54) is 13.8 Å². The molecule has 1 aromatic rings. The summed E-state index contributed by atoms with van der Waals surface area (Å²) in [7, 11) is 0. The number of halogens is 3. The van der Waals surface area contributed by atoms with Crippen LogP contribution in [-0.2, 0) is 17.4 Å². The number of phenolic OH excluding ortho intramolecular Hbond substituents is 2. The van der Waals surface area contributed by atoms with Gasteiger partial charge in [0.1, 0.15) is 0 Å². The second kappa shape index (κ2) is 4.64. The van der Waals surface area contributed by atoms with Crippen LogP contribution in [0.5, 0.6) is 11.5 Å². The van der Waals surface area contributed by atoms with Gasteiger partial charge >= 0.3 is 12.1 Å². The van der Waals surface area contributed by atoms with Gasteiger partial charge in [-0.3, -0.25) is 4.79 Å². The van der Waals surface area contributed by atoms with Crippen LogP contribution in [0, 0.1) is 5.41 Å². The van der Waals surface area contributed by atoms with E-state index in [9.17, 15) is 28.2 Å². The van der Waals surface area contributed by atoms with Crippen molar-refractivity contribution < 1.29 is 33.3 Å². The second-order valence-electron chi connectivity index (χ2n) is 4.82. The highest BCUT2D eigenvalue weighted by Gasteiger charge is 2.38. The molecule has 0 bridgehead atoms. The first-order chi connectivity index (χ1) is 8.47. The highest BCUT2D eigenvalue weighted by Crippen LogP contribution is 2.42. The number of aliphatic carboxylic acids is 1. The molecule has 0 saturated heterocycles. The maximum atomic E-state index is 12.8. The number of hydrogen-bond acceptors (Lipinski definition) is 3. The Bertz CT molecular complexity index is 506. The lowest BCUT2D eigenvalue weighted by Gasteiger charge is -2.22. The Kier molecular flexibility index (Phi) is 3.70. The van der Waals surface area contributed by atoms with Crippen LogP contribution in [0.2, 0.25) is 0 Å². The maximum absolute atomic E-state index is 12.8. The van der Waals surface area contributed by atoms with Crippen LogP contribution >= 0.6 is 0 Å². The third-order valence-electron chi connectivity index (χ3n) is 2.76. The van der Waals surface area contributed by atoms with E-state index in [4.69, 9.17) is 5.11 Å². The summed E-state index contributed by atoms with van der Waals surface area (Å²) in [6.07, 6.45) is -5.30. The smallest absolute Gasteiger partial charge is 0.416 e. The number of alkyl halides is 3. The number of carbonyl (C=O) groups is 1. The second-order valence-corrected chi connectivity index (χ2v) is 4.82. The van der Waals surface area contributed by atoms with Gasteiger partial charge in [0.25, 0.3) is 0 Å². The van der Waals surface area contributed by atoms with Gasteiger partial charge in [0.05, 0.1) is 11.0 Å². The molecule has 1 aromatic carbocycles. The minimum Gasteiger partial charge on any atom is -0.504 e. The lowest BCUT2D eigenvalue weighted by molar-refractivity contribution is -0.148. The quantitative estimate of drug-likeness (QED) is 0.743. The molecule has 4 nitrogen and oxygen atoms in total. The molecule has 0 amide bonds. The first kappa shape index (κ1) is 15.1. The summed E-state index contributed by atoms with van der Waals surface area (Å²) >= 11 is 0. The van der Waals surface area contributed by atoms with Crippen molar-refractivity contribution in [3.63, 3.8) is 0 Å². The van der Waals surface area contributed by atoms with E-state index >= 15 is 0 Å². The van der Waals surface area contributed by atoms with Gasteiger partial charge in [-0.1, -0.05) is 0 Å². The average molecular weight is 278 g/mol. The molecular weight excluding hydrogens is 265 g/mol. The number of carboxylic acid groups (broad SMARTS) is 1. The monoisotopic (exact) mass is 278 g/mol. The van der Waals surface area contributed by atoms with E-state index < -0.39 is 46.6 Å². The minimum absolute atomic E-state index is 0.558.